The number of fused-ring (bicyclic) bond motifs is 1. The molecule has 0 amide bonds. The van der Waals surface area contributed by atoms with E-state index in [-0.39, 0.29) is 5.56 Å². The van der Waals surface area contributed by atoms with E-state index in [4.69, 9.17) is 4.74 Å². The first-order chi connectivity index (χ1) is 19.8. The Balaban J connectivity index is 1.04. The van der Waals surface area contributed by atoms with E-state index in [2.05, 4.69) is 46.8 Å². The molecule has 6 unspecified atom stereocenters. The minimum absolute atomic E-state index is 0.156. The van der Waals surface area contributed by atoms with Crippen molar-refractivity contribution >= 4 is 34.4 Å². The molecule has 4 aliphatic rings. The zero-order valence-electron chi connectivity index (χ0n) is 23.8. The van der Waals surface area contributed by atoms with Crippen molar-refractivity contribution in [1.29, 1.82) is 0 Å². The molecule has 4 N–H and O–H groups in total. The molecule has 7 heteroatoms. The van der Waals surface area contributed by atoms with Gasteiger partial charge in [-0.05, 0) is 115 Å². The normalized spacial score (nSPS) is 29.2. The van der Waals surface area contributed by atoms with Gasteiger partial charge >= 0.3 is 5.97 Å². The molecule has 41 heavy (non-hydrogen) atoms. The maximum absolute atomic E-state index is 11.9. The number of methoxy groups -OCH3 is 1. The minimum Gasteiger partial charge on any atom is -0.478 e. The fraction of sp³-hybridized carbons (Fsp3) is 0.441. The minimum atomic E-state index is -1.02. The Kier molecular flexibility index (Phi) is 6.28. The molecule has 0 saturated heterocycles. The predicted octanol–water partition coefficient (Wildman–Crippen LogP) is 6.74. The molecule has 0 aromatic heterocycles. The summed E-state index contributed by atoms with van der Waals surface area (Å²) in [7, 11) is 3.67. The van der Waals surface area contributed by atoms with Crippen molar-refractivity contribution in [3.8, 4) is 0 Å². The van der Waals surface area contributed by atoms with E-state index >= 15 is 0 Å². The van der Waals surface area contributed by atoms with Gasteiger partial charge in [-0.25, -0.2) is 4.79 Å². The zero-order valence-corrected chi connectivity index (χ0v) is 23.8. The van der Waals surface area contributed by atoms with Gasteiger partial charge in [0.2, 0.25) is 0 Å². The zero-order chi connectivity index (χ0) is 28.4. The molecule has 0 aliphatic heterocycles. The number of carboxylic acid groups (broad SMARTS) is 1. The van der Waals surface area contributed by atoms with E-state index in [1.807, 2.05) is 24.3 Å². The van der Waals surface area contributed by atoms with Crippen LogP contribution in [0.5, 0.6) is 0 Å². The van der Waals surface area contributed by atoms with Crippen LogP contribution in [0.3, 0.4) is 0 Å². The number of nitrogens with one attached hydrogen (secondary N) is 2. The van der Waals surface area contributed by atoms with Crippen LogP contribution < -0.4 is 15.5 Å². The van der Waals surface area contributed by atoms with Crippen LogP contribution in [0, 0.1) is 23.2 Å². The third kappa shape index (κ3) is 4.04. The molecule has 214 valence electrons. The summed E-state index contributed by atoms with van der Waals surface area (Å²) < 4.78 is 5.02. The molecular weight excluding hydrogens is 514 g/mol. The van der Waals surface area contributed by atoms with E-state index in [1.165, 1.54) is 38.2 Å². The van der Waals surface area contributed by atoms with Crippen LogP contribution in [0.4, 0.5) is 28.4 Å². The molecule has 3 aromatic carbocycles. The van der Waals surface area contributed by atoms with Gasteiger partial charge in [0, 0.05) is 48.7 Å². The highest BCUT2D eigenvalue weighted by Gasteiger charge is 2.80. The number of aromatic carboxylic acids is 1. The number of benzene rings is 3. The highest BCUT2D eigenvalue weighted by Crippen LogP contribution is 2.86. The van der Waals surface area contributed by atoms with Gasteiger partial charge in [-0.2, -0.15) is 0 Å². The number of aliphatic hydroxyl groups is 1. The summed E-state index contributed by atoms with van der Waals surface area (Å²) in [6.45, 7) is 0.417. The summed E-state index contributed by atoms with van der Waals surface area (Å²) in [5.74, 6) is 1.92. The van der Waals surface area contributed by atoms with E-state index in [0.29, 0.717) is 35.2 Å². The Bertz CT molecular complexity index is 1460. The standard InChI is InChI=1S/C34H39N3O4/c1-37(27-8-3-22(4-9-27)33-18-21-15-23-16-24(20-33)34(23,33)19-21)28-10-5-25(6-11-28)35-30-17-26(7-12-29(30)32(39)40)36-31(38)13-14-41-2/h3-12,17,21,23-24,31,35-36,38H,13-16,18-20H2,1-2H3,(H,39,40). The summed E-state index contributed by atoms with van der Waals surface area (Å²) in [6, 6.07) is 22.2. The number of carboxylic acids is 1. The van der Waals surface area contributed by atoms with Gasteiger partial charge in [0.15, 0.2) is 0 Å². The summed E-state index contributed by atoms with van der Waals surface area (Å²) in [4.78, 5) is 14.0. The van der Waals surface area contributed by atoms with Crippen LogP contribution in [-0.2, 0) is 10.2 Å². The van der Waals surface area contributed by atoms with E-state index in [1.54, 1.807) is 24.8 Å². The van der Waals surface area contributed by atoms with Gasteiger partial charge in [-0.3, -0.25) is 0 Å². The van der Waals surface area contributed by atoms with Crippen LogP contribution in [0.25, 0.3) is 0 Å². The van der Waals surface area contributed by atoms with Crippen molar-refractivity contribution in [2.45, 2.75) is 50.2 Å². The first-order valence-electron chi connectivity index (χ1n) is 14.9. The molecule has 1 spiro atoms. The maximum atomic E-state index is 11.9. The van der Waals surface area contributed by atoms with E-state index in [0.717, 1.165) is 34.8 Å². The molecule has 4 saturated carbocycles. The number of carbonyl (C=O) groups is 1. The number of hydrogen-bond acceptors (Lipinski definition) is 6. The van der Waals surface area contributed by atoms with Crippen LogP contribution in [0.2, 0.25) is 0 Å². The van der Waals surface area contributed by atoms with Gasteiger partial charge in [0.25, 0.3) is 0 Å². The highest BCUT2D eigenvalue weighted by molar-refractivity contribution is 5.96. The lowest BCUT2D eigenvalue weighted by Crippen LogP contribution is -2.68. The highest BCUT2D eigenvalue weighted by atomic mass is 16.5. The molecular formula is C34H39N3O4. The first-order valence-corrected chi connectivity index (χ1v) is 14.9. The van der Waals surface area contributed by atoms with Crippen molar-refractivity contribution in [2.75, 3.05) is 36.3 Å². The average molecular weight is 554 g/mol. The number of hydrogen-bond donors (Lipinski definition) is 4. The van der Waals surface area contributed by atoms with Gasteiger partial charge in [-0.15, -0.1) is 0 Å². The Morgan fingerprint density at radius 2 is 1.68 bits per heavy atom. The van der Waals surface area contributed by atoms with Crippen LogP contribution in [-0.4, -0.2) is 43.2 Å². The van der Waals surface area contributed by atoms with Crippen LogP contribution in [0.15, 0.2) is 66.7 Å². The topological polar surface area (TPSA) is 94.1 Å². The van der Waals surface area contributed by atoms with Crippen molar-refractivity contribution in [3.63, 3.8) is 0 Å². The Morgan fingerprint density at radius 1 is 0.976 bits per heavy atom. The molecule has 0 heterocycles. The predicted molar refractivity (Wildman–Crippen MR) is 161 cm³/mol. The Labute approximate surface area is 241 Å². The fourth-order valence-electron chi connectivity index (χ4n) is 9.18. The molecule has 0 radical (unpaired) electrons. The molecule has 7 nitrogen and oxygen atoms in total. The lowest BCUT2D eigenvalue weighted by atomic mass is 9.31. The third-order valence-electron chi connectivity index (χ3n) is 10.9. The number of nitrogens with zero attached hydrogens (tertiary/aromatic N) is 1. The molecule has 2 bridgehead atoms. The maximum Gasteiger partial charge on any atom is 0.337 e. The molecule has 4 aliphatic carbocycles. The largest absolute Gasteiger partial charge is 0.478 e. The number of ether oxygens (including phenoxy) is 1. The first kappa shape index (κ1) is 26.4. The molecule has 6 atom stereocenters. The van der Waals surface area contributed by atoms with Crippen molar-refractivity contribution < 1.29 is 19.7 Å². The van der Waals surface area contributed by atoms with Crippen LogP contribution >= 0.6 is 0 Å². The van der Waals surface area contributed by atoms with Gasteiger partial charge in [-0.1, -0.05) is 12.1 Å². The van der Waals surface area contributed by atoms with Crippen LogP contribution in [0.1, 0.15) is 54.4 Å². The summed E-state index contributed by atoms with van der Waals surface area (Å²) in [5, 5.41) is 26.1. The lowest BCUT2D eigenvalue weighted by Gasteiger charge is -2.73. The van der Waals surface area contributed by atoms with Crippen molar-refractivity contribution in [3.05, 3.63) is 77.9 Å². The van der Waals surface area contributed by atoms with Gasteiger partial charge < -0.3 is 30.5 Å². The summed E-state index contributed by atoms with van der Waals surface area (Å²) >= 11 is 0. The smallest absolute Gasteiger partial charge is 0.337 e. The molecule has 7 rings (SSSR count). The van der Waals surface area contributed by atoms with E-state index in [9.17, 15) is 15.0 Å². The Hall–Kier alpha value is -3.55. The number of anilines is 5. The summed E-state index contributed by atoms with van der Waals surface area (Å²) in [6.07, 6.45) is 6.89. The summed E-state index contributed by atoms with van der Waals surface area (Å²) in [5.41, 5.74) is 6.88. The number of aliphatic hydroxyl groups excluding tert-OH is 1. The SMILES string of the molecule is COCCC(O)Nc1ccc(C(=O)O)c(Nc2ccc(N(C)c3ccc(C45CC6CC7CC(C4)C75C6)cc3)cc2)c1. The average Bonchev–Trinajstić information content (AvgIpc) is 3.46. The van der Waals surface area contributed by atoms with Gasteiger partial charge in [0.05, 0.1) is 17.9 Å². The monoisotopic (exact) mass is 553 g/mol. The van der Waals surface area contributed by atoms with Gasteiger partial charge in [0.1, 0.15) is 6.23 Å². The molecule has 3 aromatic rings. The second-order valence-corrected chi connectivity index (χ2v) is 12.8. The second kappa shape index (κ2) is 9.78. The quantitative estimate of drug-likeness (QED) is 0.195. The van der Waals surface area contributed by atoms with Crippen molar-refractivity contribution in [2.24, 2.45) is 23.2 Å². The Morgan fingerprint density at radius 3 is 2.34 bits per heavy atom. The lowest BCUT2D eigenvalue weighted by molar-refractivity contribution is -0.198. The molecule has 4 fully saturated rings. The third-order valence-corrected chi connectivity index (χ3v) is 10.9. The van der Waals surface area contributed by atoms with Crippen molar-refractivity contribution in [1.82, 2.24) is 0 Å². The number of rotatable bonds is 11. The second-order valence-electron chi connectivity index (χ2n) is 12.8. The fourth-order valence-corrected chi connectivity index (χ4v) is 9.18. The van der Waals surface area contributed by atoms with E-state index < -0.39 is 12.2 Å².